The van der Waals surface area contributed by atoms with Crippen LogP contribution in [0, 0.1) is 11.8 Å². The number of rotatable bonds is 6. The zero-order valence-corrected chi connectivity index (χ0v) is 22.0. The highest BCUT2D eigenvalue weighted by Crippen LogP contribution is 2.43. The van der Waals surface area contributed by atoms with E-state index in [9.17, 15) is 9.90 Å². The lowest BCUT2D eigenvalue weighted by atomic mass is 9.75. The molecule has 1 fully saturated rings. The summed E-state index contributed by atoms with van der Waals surface area (Å²) >= 11 is 2.99. The third-order valence-electron chi connectivity index (χ3n) is 7.42. The average Bonchev–Trinajstić information content (AvgIpc) is 3.54. The number of thiazole rings is 1. The molecule has 2 aliphatic rings. The highest BCUT2D eigenvalue weighted by Gasteiger charge is 2.30. The van der Waals surface area contributed by atoms with Crippen molar-refractivity contribution in [3.63, 3.8) is 0 Å². The first kappa shape index (κ1) is 24.2. The normalized spacial score (nSPS) is 21.7. The summed E-state index contributed by atoms with van der Waals surface area (Å²) in [5, 5.41) is 12.1. The number of hydrogen-bond acceptors (Lipinski definition) is 5. The van der Waals surface area contributed by atoms with Crippen molar-refractivity contribution in [3.8, 4) is 10.4 Å². The molecule has 4 nitrogen and oxygen atoms in total. The Hall–Kier alpha value is -2.54. The Morgan fingerprint density at radius 1 is 1.14 bits per heavy atom. The van der Waals surface area contributed by atoms with Gasteiger partial charge in [-0.3, -0.25) is 0 Å². The topological polar surface area (TPSA) is 53.4 Å². The maximum absolute atomic E-state index is 12.3. The van der Waals surface area contributed by atoms with E-state index in [1.165, 1.54) is 48.2 Å². The summed E-state index contributed by atoms with van der Waals surface area (Å²) < 4.78 is 0. The van der Waals surface area contributed by atoms with Crippen molar-refractivity contribution in [3.05, 3.63) is 68.5 Å². The number of carbonyl (C=O) groups is 1. The van der Waals surface area contributed by atoms with Gasteiger partial charge in [0.1, 0.15) is 4.88 Å². The van der Waals surface area contributed by atoms with E-state index in [4.69, 9.17) is 0 Å². The average molecular weight is 505 g/mol. The Bertz CT molecular complexity index is 1230. The zero-order valence-electron chi connectivity index (χ0n) is 20.4. The van der Waals surface area contributed by atoms with Crippen molar-refractivity contribution in [2.45, 2.75) is 39.0 Å². The molecule has 0 bridgehead atoms. The summed E-state index contributed by atoms with van der Waals surface area (Å²) in [5.74, 6) is 0.568. The molecule has 3 heterocycles. The van der Waals surface area contributed by atoms with Crippen LogP contribution in [0.15, 0.2) is 46.8 Å². The lowest BCUT2D eigenvalue weighted by Crippen LogP contribution is -2.31. The summed E-state index contributed by atoms with van der Waals surface area (Å²) in [6, 6.07) is 10.5. The van der Waals surface area contributed by atoms with Crippen LogP contribution >= 0.6 is 22.7 Å². The van der Waals surface area contributed by atoms with Crippen LogP contribution in [-0.2, 0) is 0 Å². The second-order valence-corrected chi connectivity index (χ2v) is 11.7. The monoisotopic (exact) mass is 504 g/mol. The molecule has 6 heteroatoms. The number of carboxylic acids is 1. The third-order valence-corrected chi connectivity index (χ3v) is 9.20. The van der Waals surface area contributed by atoms with Crippen LogP contribution in [0.2, 0.25) is 0 Å². The molecule has 3 aromatic rings. The smallest absolute Gasteiger partial charge is 0.346 e. The Labute approximate surface area is 215 Å². The van der Waals surface area contributed by atoms with Crippen LogP contribution < -0.4 is 0 Å². The van der Waals surface area contributed by atoms with E-state index in [2.05, 4.69) is 60.3 Å². The minimum atomic E-state index is -0.817. The maximum Gasteiger partial charge on any atom is 0.346 e. The fourth-order valence-corrected chi connectivity index (χ4v) is 6.93. The van der Waals surface area contributed by atoms with Gasteiger partial charge in [-0.1, -0.05) is 50.1 Å². The third kappa shape index (κ3) is 5.50. The van der Waals surface area contributed by atoms with Gasteiger partial charge in [-0.25, -0.2) is 9.78 Å². The van der Waals surface area contributed by atoms with Crippen LogP contribution in [0.25, 0.3) is 28.2 Å². The molecule has 0 atom stereocenters. The van der Waals surface area contributed by atoms with E-state index in [1.807, 2.05) is 17.0 Å². The number of benzene rings is 1. The highest BCUT2D eigenvalue weighted by atomic mass is 32.1. The molecule has 1 saturated carbocycles. The van der Waals surface area contributed by atoms with E-state index < -0.39 is 5.97 Å². The van der Waals surface area contributed by atoms with E-state index in [1.54, 1.807) is 11.3 Å². The van der Waals surface area contributed by atoms with Crippen molar-refractivity contribution in [2.75, 3.05) is 20.1 Å². The quantitative estimate of drug-likeness (QED) is 0.374. The first-order chi connectivity index (χ1) is 17.0. The van der Waals surface area contributed by atoms with E-state index >= 15 is 0 Å². The van der Waals surface area contributed by atoms with Crippen molar-refractivity contribution < 1.29 is 9.90 Å². The summed E-state index contributed by atoms with van der Waals surface area (Å²) in [6.07, 6.45) is 9.99. The minimum Gasteiger partial charge on any atom is -0.477 e. The molecule has 0 spiro atoms. The Morgan fingerprint density at radius 2 is 1.91 bits per heavy atom. The molecule has 0 radical (unpaired) electrons. The van der Waals surface area contributed by atoms with Gasteiger partial charge in [0, 0.05) is 28.9 Å². The second-order valence-electron chi connectivity index (χ2n) is 9.98. The molecule has 35 heavy (non-hydrogen) atoms. The highest BCUT2D eigenvalue weighted by molar-refractivity contribution is 7.17. The molecule has 1 aromatic carbocycles. The molecule has 0 amide bonds. The second kappa shape index (κ2) is 10.6. The van der Waals surface area contributed by atoms with Crippen LogP contribution in [-0.4, -0.2) is 41.1 Å². The van der Waals surface area contributed by atoms with Crippen molar-refractivity contribution in [1.29, 1.82) is 0 Å². The molecule has 1 aliphatic carbocycles. The molecule has 182 valence electrons. The molecule has 1 aliphatic heterocycles. The number of aromatic nitrogens is 1. The predicted octanol–water partition coefficient (Wildman–Crippen LogP) is 7.66. The van der Waals surface area contributed by atoms with Crippen LogP contribution in [0.5, 0.6) is 0 Å². The summed E-state index contributed by atoms with van der Waals surface area (Å²) in [7, 11) is 2.18. The zero-order chi connectivity index (χ0) is 24.4. The molecular formula is C29H32N2O2S2. The van der Waals surface area contributed by atoms with E-state index in [0.29, 0.717) is 10.8 Å². The van der Waals surface area contributed by atoms with Gasteiger partial charge in [0.2, 0.25) is 0 Å². The molecular weight excluding hydrogens is 472 g/mol. The van der Waals surface area contributed by atoms with Gasteiger partial charge in [-0.2, -0.15) is 0 Å². The number of thiophene rings is 1. The van der Waals surface area contributed by atoms with E-state index in [0.717, 1.165) is 52.7 Å². The lowest BCUT2D eigenvalue weighted by molar-refractivity contribution is 0.0702. The van der Waals surface area contributed by atoms with Crippen molar-refractivity contribution in [1.82, 2.24) is 9.88 Å². The number of hydrogen-bond donors (Lipinski definition) is 1. The molecule has 0 saturated heterocycles. The number of aromatic carboxylic acids is 1. The van der Waals surface area contributed by atoms with Crippen molar-refractivity contribution >= 4 is 46.4 Å². The minimum absolute atomic E-state index is 0.480. The lowest BCUT2D eigenvalue weighted by Gasteiger charge is -2.35. The van der Waals surface area contributed by atoms with Gasteiger partial charge in [0.25, 0.3) is 0 Å². The summed E-state index contributed by atoms with van der Waals surface area (Å²) in [6.45, 7) is 4.29. The van der Waals surface area contributed by atoms with Gasteiger partial charge in [-0.05, 0) is 72.6 Å². The van der Waals surface area contributed by atoms with Crippen molar-refractivity contribution in [2.24, 2.45) is 11.8 Å². The van der Waals surface area contributed by atoms with Gasteiger partial charge >= 0.3 is 5.97 Å². The molecule has 0 unspecified atom stereocenters. The van der Waals surface area contributed by atoms with Gasteiger partial charge in [0.05, 0.1) is 11.2 Å². The van der Waals surface area contributed by atoms with Crippen LogP contribution in [0.4, 0.5) is 0 Å². The summed E-state index contributed by atoms with van der Waals surface area (Å²) in [4.78, 5) is 20.5. The Balaban J connectivity index is 1.47. The number of nitrogens with zero attached hydrogens (tertiary/aromatic N) is 2. The van der Waals surface area contributed by atoms with E-state index in [-0.39, 0.29) is 0 Å². The number of likely N-dealkylation sites (N-methyl/N-ethyl adjacent to an activating group) is 1. The number of carboxylic acid groups (broad SMARTS) is 1. The Morgan fingerprint density at radius 3 is 2.60 bits per heavy atom. The largest absolute Gasteiger partial charge is 0.477 e. The maximum atomic E-state index is 12.3. The molecule has 2 aromatic heterocycles. The summed E-state index contributed by atoms with van der Waals surface area (Å²) in [5.41, 5.74) is 8.69. The first-order valence-corrected chi connectivity index (χ1v) is 14.2. The molecule has 5 rings (SSSR count). The van der Waals surface area contributed by atoms with Gasteiger partial charge < -0.3 is 10.0 Å². The van der Waals surface area contributed by atoms with Gasteiger partial charge in [0.15, 0.2) is 0 Å². The SMILES string of the molecule is CC1CCC(C2=C(c3cc(-c4ccc(C=Cc5cscn5)cc4)sc3C(=O)O)CCN(C)C2)CC1. The van der Waals surface area contributed by atoms with Crippen LogP contribution in [0.1, 0.15) is 65.5 Å². The van der Waals surface area contributed by atoms with Gasteiger partial charge in [-0.15, -0.1) is 22.7 Å². The predicted molar refractivity (Wildman–Crippen MR) is 148 cm³/mol. The first-order valence-electron chi connectivity index (χ1n) is 12.4. The fourth-order valence-electron chi connectivity index (χ4n) is 5.38. The standard InChI is InChI=1S/C29H32N2O2S2/c1-19-3-8-21(9-4-19)26-16-31(2)14-13-24(26)25-15-27(35-28(25)29(32)33)22-10-5-20(6-11-22)7-12-23-17-34-18-30-23/h5-7,10-12,15,17-19,21H,3-4,8-9,13-14,16H2,1-2H3,(H,32,33). The molecule has 1 N–H and O–H groups in total. The fraction of sp³-hybridized carbons (Fsp3) is 0.379. The van der Waals surface area contributed by atoms with Crippen LogP contribution in [0.3, 0.4) is 0 Å². The Kier molecular flexibility index (Phi) is 7.32.